The summed E-state index contributed by atoms with van der Waals surface area (Å²) in [5.74, 6) is 0.925. The molecule has 0 aliphatic carbocycles. The third kappa shape index (κ3) is 6.25. The van der Waals surface area contributed by atoms with Crippen molar-refractivity contribution in [1.29, 1.82) is 0 Å². The molecule has 1 atom stereocenters. The average molecular weight is 506 g/mol. The van der Waals surface area contributed by atoms with E-state index in [0.717, 1.165) is 28.5 Å². The third-order valence-corrected chi connectivity index (χ3v) is 6.08. The van der Waals surface area contributed by atoms with Crippen LogP contribution in [0.4, 0.5) is 10.6 Å². The van der Waals surface area contributed by atoms with E-state index in [1.807, 2.05) is 66.9 Å². The van der Waals surface area contributed by atoms with Crippen LogP contribution in [0.3, 0.4) is 0 Å². The van der Waals surface area contributed by atoms with Crippen molar-refractivity contribution in [2.75, 3.05) is 11.9 Å². The molecule has 196 valence electrons. The van der Waals surface area contributed by atoms with Gasteiger partial charge in [0.2, 0.25) is 0 Å². The summed E-state index contributed by atoms with van der Waals surface area (Å²) in [7, 11) is 0. The maximum Gasteiger partial charge on any atom is 0.413 e. The number of nitrogens with zero attached hydrogens (tertiary/aromatic N) is 3. The molecule has 0 aliphatic rings. The summed E-state index contributed by atoms with van der Waals surface area (Å²) in [6, 6.07) is 15.3. The number of fused-ring (bicyclic) bond motifs is 3. The lowest BCUT2D eigenvalue weighted by atomic mass is 10.0. The summed E-state index contributed by atoms with van der Waals surface area (Å²) < 4.78 is 13.1. The predicted octanol–water partition coefficient (Wildman–Crippen LogP) is 5.05. The molecular formula is C28H35N5O4. The SMILES string of the molecule is CCOCc1nc2c(NC(=O)OCc3ccc(C(N)CC)cc3)nc3ccccc3c2n1CC(C)(C)O. The highest BCUT2D eigenvalue weighted by Crippen LogP contribution is 2.31. The van der Waals surface area contributed by atoms with E-state index in [1.165, 1.54) is 0 Å². The number of carbonyl (C=O) groups excluding carboxylic acids is 1. The summed E-state index contributed by atoms with van der Waals surface area (Å²) in [4.78, 5) is 22.2. The highest BCUT2D eigenvalue weighted by Gasteiger charge is 2.24. The first kappa shape index (κ1) is 26.5. The van der Waals surface area contributed by atoms with Crippen LogP contribution in [-0.4, -0.2) is 37.9 Å². The van der Waals surface area contributed by atoms with E-state index in [1.54, 1.807) is 13.8 Å². The summed E-state index contributed by atoms with van der Waals surface area (Å²) in [5.41, 5.74) is 8.94. The van der Waals surface area contributed by atoms with Crippen LogP contribution in [0.5, 0.6) is 0 Å². The minimum absolute atomic E-state index is 0.0107. The summed E-state index contributed by atoms with van der Waals surface area (Å²) >= 11 is 0. The fraction of sp³-hybridized carbons (Fsp3) is 0.393. The molecule has 2 aromatic heterocycles. The first-order valence-electron chi connectivity index (χ1n) is 12.6. The van der Waals surface area contributed by atoms with E-state index in [4.69, 9.17) is 20.2 Å². The minimum atomic E-state index is -0.998. The van der Waals surface area contributed by atoms with Crippen molar-refractivity contribution in [3.63, 3.8) is 0 Å². The Balaban J connectivity index is 1.65. The molecule has 4 rings (SSSR count). The number of aromatic nitrogens is 3. The van der Waals surface area contributed by atoms with Gasteiger partial charge in [-0.2, -0.15) is 0 Å². The molecule has 9 nitrogen and oxygen atoms in total. The number of ether oxygens (including phenoxy) is 2. The lowest BCUT2D eigenvalue weighted by Gasteiger charge is -2.20. The van der Waals surface area contributed by atoms with Crippen LogP contribution in [0.2, 0.25) is 0 Å². The zero-order valence-electron chi connectivity index (χ0n) is 21.8. The summed E-state index contributed by atoms with van der Waals surface area (Å²) in [6.07, 6.45) is 0.213. The number of aliphatic hydroxyl groups is 1. The molecule has 37 heavy (non-hydrogen) atoms. The van der Waals surface area contributed by atoms with Gasteiger partial charge in [-0.3, -0.25) is 5.32 Å². The number of nitrogens with one attached hydrogen (secondary N) is 1. The van der Waals surface area contributed by atoms with Crippen LogP contribution in [0.25, 0.3) is 21.9 Å². The van der Waals surface area contributed by atoms with E-state index < -0.39 is 11.7 Å². The molecule has 0 spiro atoms. The lowest BCUT2D eigenvalue weighted by Crippen LogP contribution is -2.27. The highest BCUT2D eigenvalue weighted by atomic mass is 16.5. The highest BCUT2D eigenvalue weighted by molar-refractivity contribution is 6.09. The van der Waals surface area contributed by atoms with Gasteiger partial charge in [0.25, 0.3) is 0 Å². The fourth-order valence-corrected chi connectivity index (χ4v) is 4.21. The Morgan fingerprint density at radius 1 is 1.11 bits per heavy atom. The van der Waals surface area contributed by atoms with E-state index in [-0.39, 0.29) is 25.1 Å². The molecule has 0 saturated carbocycles. The minimum Gasteiger partial charge on any atom is -0.444 e. The van der Waals surface area contributed by atoms with Gasteiger partial charge in [-0.1, -0.05) is 49.4 Å². The smallest absolute Gasteiger partial charge is 0.413 e. The van der Waals surface area contributed by atoms with Crippen LogP contribution in [0.15, 0.2) is 48.5 Å². The van der Waals surface area contributed by atoms with Crippen molar-refractivity contribution in [1.82, 2.24) is 14.5 Å². The topological polar surface area (TPSA) is 125 Å². The molecular weight excluding hydrogens is 470 g/mol. The van der Waals surface area contributed by atoms with Crippen LogP contribution in [0.1, 0.15) is 57.1 Å². The number of benzene rings is 2. The molecule has 1 amide bonds. The number of rotatable bonds is 10. The number of hydrogen-bond acceptors (Lipinski definition) is 7. The van der Waals surface area contributed by atoms with Gasteiger partial charge >= 0.3 is 6.09 Å². The zero-order chi connectivity index (χ0) is 26.6. The van der Waals surface area contributed by atoms with Gasteiger partial charge in [-0.25, -0.2) is 14.8 Å². The predicted molar refractivity (Wildman–Crippen MR) is 144 cm³/mol. The number of hydrogen-bond donors (Lipinski definition) is 3. The Morgan fingerprint density at radius 2 is 1.84 bits per heavy atom. The molecule has 0 aliphatic heterocycles. The van der Waals surface area contributed by atoms with Gasteiger partial charge in [0.15, 0.2) is 5.82 Å². The van der Waals surface area contributed by atoms with Crippen LogP contribution in [0, 0.1) is 0 Å². The van der Waals surface area contributed by atoms with E-state index in [9.17, 15) is 9.90 Å². The molecule has 4 aromatic rings. The molecule has 2 heterocycles. The van der Waals surface area contributed by atoms with E-state index >= 15 is 0 Å². The Hall–Kier alpha value is -3.53. The average Bonchev–Trinajstić information content (AvgIpc) is 3.23. The zero-order valence-corrected chi connectivity index (χ0v) is 21.8. The summed E-state index contributed by atoms with van der Waals surface area (Å²) in [6.45, 7) is 8.61. The van der Waals surface area contributed by atoms with Crippen molar-refractivity contribution in [3.8, 4) is 0 Å². The normalized spacial score (nSPS) is 12.7. The molecule has 0 saturated heterocycles. The van der Waals surface area contributed by atoms with Gasteiger partial charge in [0.05, 0.1) is 23.2 Å². The Kier molecular flexibility index (Phi) is 8.06. The number of amides is 1. The van der Waals surface area contributed by atoms with Gasteiger partial charge < -0.3 is 24.9 Å². The number of pyridine rings is 1. The number of anilines is 1. The second-order valence-electron chi connectivity index (χ2n) is 9.70. The lowest BCUT2D eigenvalue weighted by molar-refractivity contribution is 0.0582. The van der Waals surface area contributed by atoms with Gasteiger partial charge in [0, 0.05) is 18.0 Å². The van der Waals surface area contributed by atoms with Gasteiger partial charge in [-0.05, 0) is 44.4 Å². The summed E-state index contributed by atoms with van der Waals surface area (Å²) in [5, 5.41) is 14.3. The van der Waals surface area contributed by atoms with Crippen molar-refractivity contribution in [2.24, 2.45) is 5.73 Å². The van der Waals surface area contributed by atoms with Crippen LogP contribution >= 0.6 is 0 Å². The molecule has 4 N–H and O–H groups in total. The number of imidazole rings is 1. The van der Waals surface area contributed by atoms with Gasteiger partial charge in [0.1, 0.15) is 24.6 Å². The van der Waals surface area contributed by atoms with Crippen LogP contribution in [-0.2, 0) is 29.2 Å². The number of nitrogens with two attached hydrogens (primary N) is 1. The monoisotopic (exact) mass is 505 g/mol. The van der Waals surface area contributed by atoms with Crippen molar-refractivity contribution >= 4 is 33.8 Å². The molecule has 1 unspecified atom stereocenters. The Labute approximate surface area is 216 Å². The first-order valence-corrected chi connectivity index (χ1v) is 12.6. The number of para-hydroxylation sites is 1. The molecule has 2 aromatic carbocycles. The third-order valence-electron chi connectivity index (χ3n) is 6.08. The maximum absolute atomic E-state index is 12.8. The number of carbonyl (C=O) groups is 1. The van der Waals surface area contributed by atoms with Crippen molar-refractivity contribution in [3.05, 3.63) is 65.5 Å². The van der Waals surface area contributed by atoms with E-state index in [0.29, 0.717) is 30.0 Å². The van der Waals surface area contributed by atoms with Crippen molar-refractivity contribution < 1.29 is 19.4 Å². The molecule has 0 radical (unpaired) electrons. The largest absolute Gasteiger partial charge is 0.444 e. The maximum atomic E-state index is 12.8. The molecule has 9 heteroatoms. The Bertz CT molecular complexity index is 1380. The van der Waals surface area contributed by atoms with E-state index in [2.05, 4.69) is 10.3 Å². The first-order chi connectivity index (χ1) is 17.7. The quantitative estimate of drug-likeness (QED) is 0.275. The molecule has 0 fully saturated rings. The van der Waals surface area contributed by atoms with Crippen LogP contribution < -0.4 is 11.1 Å². The second-order valence-corrected chi connectivity index (χ2v) is 9.70. The second kappa shape index (κ2) is 11.2. The fourth-order valence-electron chi connectivity index (χ4n) is 4.21. The molecule has 0 bridgehead atoms. The van der Waals surface area contributed by atoms with Gasteiger partial charge in [-0.15, -0.1) is 0 Å². The Morgan fingerprint density at radius 3 is 2.51 bits per heavy atom. The standard InChI is InChI=1S/C28H35N5O4/c1-5-21(29)19-13-11-18(12-14-19)15-37-27(34)32-26-24-25(20-9-7-8-10-22(20)30-26)33(17-28(3,4)35)23(31-24)16-36-6-2/h7-14,21,35H,5-6,15-17,29H2,1-4H3,(H,30,32,34). The van der Waals surface area contributed by atoms with Crippen molar-refractivity contribution in [2.45, 2.75) is 65.5 Å².